The molecule has 0 radical (unpaired) electrons. The van der Waals surface area contributed by atoms with E-state index in [-0.39, 0.29) is 29.5 Å². The summed E-state index contributed by atoms with van der Waals surface area (Å²) in [6.07, 6.45) is 1.53. The van der Waals surface area contributed by atoms with E-state index in [2.05, 4.69) is 13.8 Å². The van der Waals surface area contributed by atoms with E-state index in [9.17, 15) is 9.59 Å². The minimum absolute atomic E-state index is 0.0127. The molecule has 0 unspecified atom stereocenters. The first-order valence-corrected chi connectivity index (χ1v) is 5.09. The zero-order chi connectivity index (χ0) is 10.9. The Morgan fingerprint density at radius 3 is 2.64 bits per heavy atom. The maximum atomic E-state index is 11.5. The predicted molar refractivity (Wildman–Crippen MR) is 52.9 cm³/mol. The second kappa shape index (κ2) is 3.71. The molecule has 1 N–H and O–H groups in total. The van der Waals surface area contributed by atoms with Gasteiger partial charge in [0.1, 0.15) is 5.78 Å². The Morgan fingerprint density at radius 1 is 1.57 bits per heavy atom. The first-order chi connectivity index (χ1) is 6.34. The van der Waals surface area contributed by atoms with Gasteiger partial charge in [-0.2, -0.15) is 0 Å². The van der Waals surface area contributed by atoms with Crippen LogP contribution in [0.4, 0.5) is 0 Å². The van der Waals surface area contributed by atoms with Crippen molar-refractivity contribution in [1.82, 2.24) is 0 Å². The zero-order valence-corrected chi connectivity index (χ0v) is 9.04. The number of carboxylic acids is 1. The molecule has 0 aliphatic heterocycles. The first kappa shape index (κ1) is 11.2. The molecule has 1 aliphatic rings. The number of Topliss-reactive ketones (excluding diaryl/α,β-unsaturated/α-hetero) is 1. The van der Waals surface area contributed by atoms with Crippen LogP contribution in [0, 0.1) is 17.3 Å². The summed E-state index contributed by atoms with van der Waals surface area (Å²) in [4.78, 5) is 22.2. The lowest BCUT2D eigenvalue weighted by Crippen LogP contribution is -2.40. The Morgan fingerprint density at radius 2 is 2.14 bits per heavy atom. The van der Waals surface area contributed by atoms with Gasteiger partial charge in [-0.3, -0.25) is 9.59 Å². The molecule has 0 amide bonds. The van der Waals surface area contributed by atoms with Gasteiger partial charge in [0, 0.05) is 18.8 Å². The summed E-state index contributed by atoms with van der Waals surface area (Å²) in [6, 6.07) is 0. The molecule has 1 fully saturated rings. The predicted octanol–water partition coefficient (Wildman–Crippen LogP) is 2.10. The molecule has 0 aromatic heterocycles. The van der Waals surface area contributed by atoms with Gasteiger partial charge in [-0.15, -0.1) is 0 Å². The molecule has 3 nitrogen and oxygen atoms in total. The topological polar surface area (TPSA) is 54.4 Å². The second-order valence-electron chi connectivity index (χ2n) is 4.95. The molecule has 0 saturated heterocycles. The number of ketones is 1. The maximum Gasteiger partial charge on any atom is 0.303 e. The Labute approximate surface area is 84.5 Å². The van der Waals surface area contributed by atoms with Crippen molar-refractivity contribution in [3.63, 3.8) is 0 Å². The summed E-state index contributed by atoms with van der Waals surface area (Å²) in [6.45, 7) is 5.98. The van der Waals surface area contributed by atoms with Gasteiger partial charge in [0.25, 0.3) is 0 Å². The van der Waals surface area contributed by atoms with Crippen molar-refractivity contribution >= 4 is 11.8 Å². The van der Waals surface area contributed by atoms with Crippen LogP contribution < -0.4 is 0 Å². The highest BCUT2D eigenvalue weighted by Crippen LogP contribution is 2.43. The molecule has 80 valence electrons. The minimum Gasteiger partial charge on any atom is -0.481 e. The minimum atomic E-state index is -0.801. The molecular formula is C11H18O3. The number of hydrogen-bond donors (Lipinski definition) is 1. The molecule has 1 rings (SSSR count). The molecule has 0 spiro atoms. The van der Waals surface area contributed by atoms with Crippen molar-refractivity contribution in [3.05, 3.63) is 0 Å². The van der Waals surface area contributed by atoms with Crippen LogP contribution in [0.2, 0.25) is 0 Å². The Balaban J connectivity index is 2.82. The summed E-state index contributed by atoms with van der Waals surface area (Å²) < 4.78 is 0. The number of hydrogen-bond acceptors (Lipinski definition) is 2. The van der Waals surface area contributed by atoms with Gasteiger partial charge in [-0.1, -0.05) is 20.8 Å². The first-order valence-electron chi connectivity index (χ1n) is 5.09. The summed E-state index contributed by atoms with van der Waals surface area (Å²) in [7, 11) is 0. The Hall–Kier alpha value is -0.860. The van der Waals surface area contributed by atoms with Crippen LogP contribution in [0.5, 0.6) is 0 Å². The van der Waals surface area contributed by atoms with Crippen LogP contribution in [-0.2, 0) is 9.59 Å². The molecule has 0 heterocycles. The van der Waals surface area contributed by atoms with E-state index in [0.717, 1.165) is 6.42 Å². The second-order valence-corrected chi connectivity index (χ2v) is 4.95. The highest BCUT2D eigenvalue weighted by Gasteiger charge is 2.41. The van der Waals surface area contributed by atoms with E-state index < -0.39 is 5.97 Å². The number of aliphatic carboxylic acids is 1. The number of carboxylic acid groups (broad SMARTS) is 1. The van der Waals surface area contributed by atoms with Crippen molar-refractivity contribution in [2.75, 3.05) is 0 Å². The van der Waals surface area contributed by atoms with Gasteiger partial charge in [0.05, 0.1) is 0 Å². The number of rotatable bonds is 2. The van der Waals surface area contributed by atoms with Crippen molar-refractivity contribution in [1.29, 1.82) is 0 Å². The highest BCUT2D eigenvalue weighted by molar-refractivity contribution is 5.82. The van der Waals surface area contributed by atoms with E-state index in [1.807, 2.05) is 6.92 Å². The van der Waals surface area contributed by atoms with E-state index in [1.54, 1.807) is 0 Å². The SMILES string of the molecule is C[C@@H]1C(=O)CCC(C)(C)[C@H]1CC(=O)O. The van der Waals surface area contributed by atoms with Crippen molar-refractivity contribution in [3.8, 4) is 0 Å². The number of carbonyl (C=O) groups excluding carboxylic acids is 1. The van der Waals surface area contributed by atoms with Crippen LogP contribution >= 0.6 is 0 Å². The third-order valence-corrected chi connectivity index (χ3v) is 3.53. The Kier molecular flexibility index (Phi) is 2.98. The molecule has 1 saturated carbocycles. The summed E-state index contributed by atoms with van der Waals surface area (Å²) >= 11 is 0. The van der Waals surface area contributed by atoms with Crippen LogP contribution in [0.15, 0.2) is 0 Å². The van der Waals surface area contributed by atoms with Gasteiger partial charge >= 0.3 is 5.97 Å². The molecule has 14 heavy (non-hydrogen) atoms. The van der Waals surface area contributed by atoms with Crippen LogP contribution in [-0.4, -0.2) is 16.9 Å². The fraction of sp³-hybridized carbons (Fsp3) is 0.818. The largest absolute Gasteiger partial charge is 0.481 e. The standard InChI is InChI=1S/C11H18O3/c1-7-8(6-10(13)14)11(2,3)5-4-9(7)12/h7-8H,4-6H2,1-3H3,(H,13,14)/t7-,8-/m0/s1. The molecule has 1 aliphatic carbocycles. The fourth-order valence-corrected chi connectivity index (χ4v) is 2.40. The van der Waals surface area contributed by atoms with E-state index in [4.69, 9.17) is 5.11 Å². The van der Waals surface area contributed by atoms with E-state index in [1.165, 1.54) is 0 Å². The highest BCUT2D eigenvalue weighted by atomic mass is 16.4. The lowest BCUT2D eigenvalue weighted by molar-refractivity contribution is -0.142. The normalized spacial score (nSPS) is 31.5. The average molecular weight is 198 g/mol. The van der Waals surface area contributed by atoms with Gasteiger partial charge in [-0.25, -0.2) is 0 Å². The monoisotopic (exact) mass is 198 g/mol. The van der Waals surface area contributed by atoms with Gasteiger partial charge in [0.2, 0.25) is 0 Å². The molecule has 2 atom stereocenters. The van der Waals surface area contributed by atoms with Crippen LogP contribution in [0.1, 0.15) is 40.0 Å². The third kappa shape index (κ3) is 2.14. The molecular weight excluding hydrogens is 180 g/mol. The van der Waals surface area contributed by atoms with E-state index in [0.29, 0.717) is 6.42 Å². The average Bonchev–Trinajstić information content (AvgIpc) is 2.06. The van der Waals surface area contributed by atoms with Crippen LogP contribution in [0.25, 0.3) is 0 Å². The van der Waals surface area contributed by atoms with Crippen molar-refractivity contribution < 1.29 is 14.7 Å². The van der Waals surface area contributed by atoms with Crippen LogP contribution in [0.3, 0.4) is 0 Å². The quantitative estimate of drug-likeness (QED) is 0.739. The fourth-order valence-electron chi connectivity index (χ4n) is 2.40. The molecule has 3 heteroatoms. The third-order valence-electron chi connectivity index (χ3n) is 3.53. The smallest absolute Gasteiger partial charge is 0.303 e. The summed E-state index contributed by atoms with van der Waals surface area (Å²) in [5.41, 5.74) is -0.0221. The number of carbonyl (C=O) groups is 2. The maximum absolute atomic E-state index is 11.5. The Bertz CT molecular complexity index is 255. The van der Waals surface area contributed by atoms with Crippen molar-refractivity contribution in [2.24, 2.45) is 17.3 Å². The lowest BCUT2D eigenvalue weighted by Gasteiger charge is -2.41. The summed E-state index contributed by atoms with van der Waals surface area (Å²) in [5.74, 6) is -0.698. The lowest BCUT2D eigenvalue weighted by atomic mass is 9.62. The molecule has 0 aromatic rings. The van der Waals surface area contributed by atoms with Gasteiger partial charge in [-0.05, 0) is 17.8 Å². The summed E-state index contributed by atoms with van der Waals surface area (Å²) in [5, 5.41) is 8.79. The molecule has 0 bridgehead atoms. The van der Waals surface area contributed by atoms with E-state index >= 15 is 0 Å². The zero-order valence-electron chi connectivity index (χ0n) is 9.04. The van der Waals surface area contributed by atoms with Crippen molar-refractivity contribution in [2.45, 2.75) is 40.0 Å². The van der Waals surface area contributed by atoms with Gasteiger partial charge < -0.3 is 5.11 Å². The van der Waals surface area contributed by atoms with Gasteiger partial charge in [0.15, 0.2) is 0 Å². The molecule has 0 aromatic carbocycles.